The summed E-state index contributed by atoms with van der Waals surface area (Å²) < 4.78 is 16.8. The third-order valence-electron chi connectivity index (χ3n) is 11.9. The third-order valence-corrected chi connectivity index (χ3v) is 11.9. The lowest BCUT2D eigenvalue weighted by atomic mass is 10.0. The zero-order valence-corrected chi connectivity index (χ0v) is 41.4. The molecule has 0 spiro atoms. The molecule has 0 fully saturated rings. The van der Waals surface area contributed by atoms with Crippen molar-refractivity contribution in [2.45, 2.75) is 290 Å². The summed E-state index contributed by atoms with van der Waals surface area (Å²) in [4.78, 5) is 38.0. The van der Waals surface area contributed by atoms with Gasteiger partial charge in [0, 0.05) is 19.3 Å². The van der Waals surface area contributed by atoms with Gasteiger partial charge < -0.3 is 14.2 Å². The number of ether oxygens (including phenoxy) is 3. The molecule has 0 bridgehead atoms. The van der Waals surface area contributed by atoms with Crippen LogP contribution >= 0.6 is 0 Å². The summed E-state index contributed by atoms with van der Waals surface area (Å²) in [5.74, 6) is -0.874. The van der Waals surface area contributed by atoms with Crippen molar-refractivity contribution in [1.29, 1.82) is 0 Å². The summed E-state index contributed by atoms with van der Waals surface area (Å²) in [6.07, 6.45) is 59.8. The van der Waals surface area contributed by atoms with Gasteiger partial charge in [0.05, 0.1) is 0 Å². The standard InChI is InChI=1S/C56H102O6/c1-4-7-10-13-16-19-22-25-26-27-28-29-30-32-34-37-40-43-46-49-55(58)61-52-53(51-60-54(57)48-45-42-39-36-33-24-21-18-15-12-9-6-3)62-56(59)50-47-44-41-38-35-31-23-20-17-14-11-8-5-2/h16,18-19,21-22,25,53H,4-15,17,20,23-24,26-52H2,1-3H3/b19-16-,21-18-,25-22-. The average molecular weight is 871 g/mol. The van der Waals surface area contributed by atoms with Crippen molar-refractivity contribution in [3.8, 4) is 0 Å². The van der Waals surface area contributed by atoms with E-state index in [2.05, 4.69) is 57.2 Å². The van der Waals surface area contributed by atoms with Crippen LogP contribution in [0.1, 0.15) is 284 Å². The van der Waals surface area contributed by atoms with Gasteiger partial charge in [0.15, 0.2) is 6.10 Å². The Morgan fingerprint density at radius 1 is 0.323 bits per heavy atom. The molecule has 6 nitrogen and oxygen atoms in total. The molecule has 0 radical (unpaired) electrons. The van der Waals surface area contributed by atoms with Crippen LogP contribution in [0.25, 0.3) is 0 Å². The van der Waals surface area contributed by atoms with E-state index in [9.17, 15) is 14.4 Å². The van der Waals surface area contributed by atoms with E-state index in [0.717, 1.165) is 64.2 Å². The molecule has 1 atom stereocenters. The van der Waals surface area contributed by atoms with Gasteiger partial charge in [-0.1, -0.05) is 231 Å². The second-order valence-corrected chi connectivity index (χ2v) is 18.2. The number of carbonyl (C=O) groups is 3. The van der Waals surface area contributed by atoms with E-state index in [1.807, 2.05) is 0 Å². The van der Waals surface area contributed by atoms with Gasteiger partial charge in [-0.05, 0) is 70.6 Å². The second-order valence-electron chi connectivity index (χ2n) is 18.2. The molecule has 0 N–H and O–H groups in total. The zero-order chi connectivity index (χ0) is 45.1. The number of unbranched alkanes of at least 4 members (excludes halogenated alkanes) is 33. The van der Waals surface area contributed by atoms with Crippen molar-refractivity contribution in [3.05, 3.63) is 36.5 Å². The summed E-state index contributed by atoms with van der Waals surface area (Å²) >= 11 is 0. The smallest absolute Gasteiger partial charge is 0.306 e. The Kier molecular flexibility index (Phi) is 49.3. The summed E-state index contributed by atoms with van der Waals surface area (Å²) in [5.41, 5.74) is 0. The first-order valence-corrected chi connectivity index (χ1v) is 27.0. The van der Waals surface area contributed by atoms with Crippen LogP contribution in [-0.2, 0) is 28.6 Å². The predicted octanol–water partition coefficient (Wildman–Crippen LogP) is 17.7. The summed E-state index contributed by atoms with van der Waals surface area (Å²) in [5, 5.41) is 0. The van der Waals surface area contributed by atoms with Crippen molar-refractivity contribution >= 4 is 17.9 Å². The number of rotatable bonds is 49. The van der Waals surface area contributed by atoms with Crippen molar-refractivity contribution in [2.24, 2.45) is 0 Å². The first-order chi connectivity index (χ1) is 30.5. The van der Waals surface area contributed by atoms with E-state index in [-0.39, 0.29) is 31.1 Å². The molecule has 6 heteroatoms. The molecule has 1 unspecified atom stereocenters. The maximum Gasteiger partial charge on any atom is 0.306 e. The predicted molar refractivity (Wildman–Crippen MR) is 266 cm³/mol. The normalized spacial score (nSPS) is 12.2. The molecule has 0 aliphatic carbocycles. The number of esters is 3. The molecule has 0 aliphatic heterocycles. The highest BCUT2D eigenvalue weighted by molar-refractivity contribution is 5.71. The number of carbonyl (C=O) groups excluding carboxylic acids is 3. The molecular weight excluding hydrogens is 769 g/mol. The molecule has 0 saturated heterocycles. The maximum absolute atomic E-state index is 12.8. The van der Waals surface area contributed by atoms with Crippen LogP contribution in [0.15, 0.2) is 36.5 Å². The van der Waals surface area contributed by atoms with E-state index in [1.165, 1.54) is 180 Å². The molecule has 0 heterocycles. The third kappa shape index (κ3) is 48.7. The Labute approximate surface area is 385 Å². The van der Waals surface area contributed by atoms with Gasteiger partial charge in [-0.2, -0.15) is 0 Å². The van der Waals surface area contributed by atoms with Crippen LogP contribution in [0.4, 0.5) is 0 Å². The Balaban J connectivity index is 4.31. The lowest BCUT2D eigenvalue weighted by Crippen LogP contribution is -2.30. The number of hydrogen-bond donors (Lipinski definition) is 0. The fraction of sp³-hybridized carbons (Fsp3) is 0.839. The largest absolute Gasteiger partial charge is 0.462 e. The second kappa shape index (κ2) is 51.3. The molecule has 0 rings (SSSR count). The van der Waals surface area contributed by atoms with E-state index < -0.39 is 6.10 Å². The van der Waals surface area contributed by atoms with Crippen molar-refractivity contribution in [3.63, 3.8) is 0 Å². The van der Waals surface area contributed by atoms with Gasteiger partial charge in [0.2, 0.25) is 0 Å². The lowest BCUT2D eigenvalue weighted by Gasteiger charge is -2.18. The summed E-state index contributed by atoms with van der Waals surface area (Å²) in [6.45, 7) is 6.60. The van der Waals surface area contributed by atoms with Gasteiger partial charge in [0.25, 0.3) is 0 Å². The highest BCUT2D eigenvalue weighted by Crippen LogP contribution is 2.16. The Bertz CT molecular complexity index is 1050. The summed E-state index contributed by atoms with van der Waals surface area (Å²) in [7, 11) is 0. The average Bonchev–Trinajstić information content (AvgIpc) is 3.27. The minimum Gasteiger partial charge on any atom is -0.462 e. The quantitative estimate of drug-likeness (QED) is 0.0199. The molecule has 0 aliphatic rings. The van der Waals surface area contributed by atoms with Gasteiger partial charge in [-0.3, -0.25) is 14.4 Å². The van der Waals surface area contributed by atoms with Crippen LogP contribution in [0, 0.1) is 0 Å². The van der Waals surface area contributed by atoms with Gasteiger partial charge in [-0.15, -0.1) is 0 Å². The summed E-state index contributed by atoms with van der Waals surface area (Å²) in [6, 6.07) is 0. The van der Waals surface area contributed by atoms with Crippen molar-refractivity contribution in [2.75, 3.05) is 13.2 Å². The minimum atomic E-state index is -0.772. The molecule has 0 aromatic rings. The molecule has 0 aromatic carbocycles. The monoisotopic (exact) mass is 871 g/mol. The van der Waals surface area contributed by atoms with Crippen molar-refractivity contribution in [1.82, 2.24) is 0 Å². The first kappa shape index (κ1) is 59.6. The van der Waals surface area contributed by atoms with Crippen LogP contribution in [0.2, 0.25) is 0 Å². The van der Waals surface area contributed by atoms with Crippen LogP contribution in [0.3, 0.4) is 0 Å². The first-order valence-electron chi connectivity index (χ1n) is 27.0. The SMILES string of the molecule is CCCCC/C=C\C=C/CCCCCCCCCCCCC(=O)OCC(COC(=O)CCCCCCC/C=C\CCCCC)OC(=O)CCCCCCCCCCCCCCC. The fourth-order valence-electron chi connectivity index (χ4n) is 7.78. The number of allylic oxidation sites excluding steroid dienone is 6. The van der Waals surface area contributed by atoms with Crippen molar-refractivity contribution < 1.29 is 28.6 Å². The molecule has 0 saturated carbocycles. The van der Waals surface area contributed by atoms with E-state index in [0.29, 0.717) is 19.3 Å². The topological polar surface area (TPSA) is 78.9 Å². The minimum absolute atomic E-state index is 0.0734. The van der Waals surface area contributed by atoms with Gasteiger partial charge in [-0.25, -0.2) is 0 Å². The van der Waals surface area contributed by atoms with Crippen LogP contribution in [0.5, 0.6) is 0 Å². The van der Waals surface area contributed by atoms with Gasteiger partial charge in [0.1, 0.15) is 13.2 Å². The Hall–Kier alpha value is -2.37. The zero-order valence-electron chi connectivity index (χ0n) is 41.4. The molecule has 0 aromatic heterocycles. The van der Waals surface area contributed by atoms with Crippen LogP contribution < -0.4 is 0 Å². The molecule has 0 amide bonds. The van der Waals surface area contributed by atoms with E-state index in [1.54, 1.807) is 0 Å². The number of hydrogen-bond acceptors (Lipinski definition) is 6. The Morgan fingerprint density at radius 3 is 0.935 bits per heavy atom. The molecule has 362 valence electrons. The fourth-order valence-corrected chi connectivity index (χ4v) is 7.78. The van der Waals surface area contributed by atoms with Gasteiger partial charge >= 0.3 is 17.9 Å². The highest BCUT2D eigenvalue weighted by Gasteiger charge is 2.19. The van der Waals surface area contributed by atoms with E-state index >= 15 is 0 Å². The van der Waals surface area contributed by atoms with Crippen LogP contribution in [-0.4, -0.2) is 37.2 Å². The highest BCUT2D eigenvalue weighted by atomic mass is 16.6. The molecule has 62 heavy (non-hydrogen) atoms. The van der Waals surface area contributed by atoms with E-state index in [4.69, 9.17) is 14.2 Å². The Morgan fingerprint density at radius 2 is 0.581 bits per heavy atom. The maximum atomic E-state index is 12.8. The lowest BCUT2D eigenvalue weighted by molar-refractivity contribution is -0.167. The molecular formula is C56H102O6.